The lowest BCUT2D eigenvalue weighted by Gasteiger charge is -2.39. The number of pyridine rings is 1. The summed E-state index contributed by atoms with van der Waals surface area (Å²) in [5.74, 6) is -0.886. The largest absolute Gasteiger partial charge is 0.497 e. The minimum Gasteiger partial charge on any atom is -0.497 e. The molecule has 2 aromatic rings. The first kappa shape index (κ1) is 37.1. The third kappa shape index (κ3) is 7.62. The molecule has 11 heteroatoms. The molecule has 1 saturated carbocycles. The van der Waals surface area contributed by atoms with E-state index in [1.165, 1.54) is 0 Å². The molecule has 0 bridgehead atoms. The Morgan fingerprint density at radius 3 is 2.63 bits per heavy atom. The fourth-order valence-corrected chi connectivity index (χ4v) is 8.84. The Bertz CT molecular complexity index is 1730. The molecule has 1 aromatic carbocycles. The van der Waals surface area contributed by atoms with E-state index < -0.39 is 39.9 Å². The van der Waals surface area contributed by atoms with Gasteiger partial charge in [0.2, 0.25) is 5.91 Å². The molecule has 0 N–H and O–H groups in total. The molecule has 6 rings (SSSR count). The number of hydrogen-bond acceptors (Lipinski definition) is 9. The van der Waals surface area contributed by atoms with Gasteiger partial charge >= 0.3 is 11.9 Å². The molecule has 276 valence electrons. The monoisotopic (exact) mass is 722 g/mol. The molecule has 1 spiro atoms. The van der Waals surface area contributed by atoms with Gasteiger partial charge in [-0.25, -0.2) is 4.98 Å². The molecule has 4 aliphatic rings. The number of carbonyl (C=O) groups is 4. The zero-order chi connectivity index (χ0) is 36.7. The van der Waals surface area contributed by atoms with Crippen molar-refractivity contribution in [3.05, 3.63) is 41.6 Å². The summed E-state index contributed by atoms with van der Waals surface area (Å²) in [5, 5.41) is 0.321. The molecule has 2 fully saturated rings. The maximum Gasteiger partial charge on any atom is 0.313 e. The Hall–Kier alpha value is -3.66. The number of halogens is 1. The van der Waals surface area contributed by atoms with E-state index in [2.05, 4.69) is 12.2 Å². The summed E-state index contributed by atoms with van der Waals surface area (Å²) in [4.78, 5) is 62.3. The fraction of sp³-hybridized carbons (Fsp3) is 0.625. The van der Waals surface area contributed by atoms with Gasteiger partial charge in [-0.1, -0.05) is 25.0 Å². The van der Waals surface area contributed by atoms with Crippen LogP contribution in [0.3, 0.4) is 0 Å². The van der Waals surface area contributed by atoms with E-state index >= 15 is 0 Å². The fourth-order valence-electron chi connectivity index (χ4n) is 8.34. The van der Waals surface area contributed by atoms with Crippen molar-refractivity contribution in [2.24, 2.45) is 17.3 Å². The third-order valence-electron chi connectivity index (χ3n) is 10.9. The van der Waals surface area contributed by atoms with Gasteiger partial charge in [0.15, 0.2) is 5.78 Å². The zero-order valence-electron chi connectivity index (χ0n) is 30.7. The number of rotatable bonds is 5. The predicted molar refractivity (Wildman–Crippen MR) is 193 cm³/mol. The van der Waals surface area contributed by atoms with Gasteiger partial charge in [-0.3, -0.25) is 19.2 Å². The predicted octanol–water partition coefficient (Wildman–Crippen LogP) is 7.35. The lowest BCUT2D eigenvalue weighted by Crippen LogP contribution is -2.47. The second-order valence-electron chi connectivity index (χ2n) is 15.8. The van der Waals surface area contributed by atoms with Gasteiger partial charge in [0, 0.05) is 36.1 Å². The van der Waals surface area contributed by atoms with E-state index in [-0.39, 0.29) is 56.0 Å². The van der Waals surface area contributed by atoms with Crippen LogP contribution in [-0.4, -0.2) is 71.0 Å². The molecule has 6 atom stereocenters. The number of ketones is 1. The Morgan fingerprint density at radius 1 is 1.12 bits per heavy atom. The van der Waals surface area contributed by atoms with Gasteiger partial charge in [-0.2, -0.15) is 0 Å². The normalized spacial score (nSPS) is 30.3. The van der Waals surface area contributed by atoms with Crippen LogP contribution in [0.4, 0.5) is 0 Å². The van der Waals surface area contributed by atoms with Crippen molar-refractivity contribution in [2.45, 2.75) is 121 Å². The number of Topliss-reactive ketones (excluding diaryl/α,β-unsaturated/α-hetero) is 1. The number of benzene rings is 1. The number of carbonyl (C=O) groups excluding carboxylic acids is 4. The van der Waals surface area contributed by atoms with E-state index in [1.54, 1.807) is 39.7 Å². The summed E-state index contributed by atoms with van der Waals surface area (Å²) in [7, 11) is 1.61. The summed E-state index contributed by atoms with van der Waals surface area (Å²) in [5.41, 5.74) is -0.421. The maximum atomic E-state index is 14.7. The van der Waals surface area contributed by atoms with Crippen molar-refractivity contribution in [1.82, 2.24) is 9.88 Å². The van der Waals surface area contributed by atoms with Crippen molar-refractivity contribution in [1.29, 1.82) is 0 Å². The highest BCUT2D eigenvalue weighted by atomic mass is 35.5. The molecule has 1 saturated heterocycles. The van der Waals surface area contributed by atoms with Crippen molar-refractivity contribution < 1.29 is 38.1 Å². The van der Waals surface area contributed by atoms with Gasteiger partial charge in [-0.15, -0.1) is 11.6 Å². The molecule has 1 amide bonds. The van der Waals surface area contributed by atoms with E-state index in [4.69, 9.17) is 35.5 Å². The Kier molecular flexibility index (Phi) is 10.5. The lowest BCUT2D eigenvalue weighted by atomic mass is 9.85. The summed E-state index contributed by atoms with van der Waals surface area (Å²) in [6, 6.07) is 4.77. The van der Waals surface area contributed by atoms with Gasteiger partial charge in [0.25, 0.3) is 0 Å². The molecular formula is C40H51ClN2O8. The van der Waals surface area contributed by atoms with Crippen LogP contribution < -0.4 is 9.47 Å². The van der Waals surface area contributed by atoms with Crippen LogP contribution >= 0.6 is 11.6 Å². The molecule has 4 heterocycles. The topological polar surface area (TPSA) is 121 Å². The number of esters is 2. The molecule has 1 aromatic heterocycles. The third-order valence-corrected chi connectivity index (χ3v) is 11.2. The smallest absolute Gasteiger partial charge is 0.313 e. The SMILES string of the molecule is CCOC(=O)[C@]12CC(=O)[C@@H]3C[C@]4(CC(Cl)c5c(c(C)nc6ccc(OC)cc56)O4)CN3C(=O)[C@@H](CC(=O)OC(C)(C)C)CCCCC/C=C\[C@@H]1C2. The molecule has 1 aliphatic carbocycles. The van der Waals surface area contributed by atoms with Crippen LogP contribution in [0.25, 0.3) is 10.9 Å². The Balaban J connectivity index is 1.38. The quantitative estimate of drug-likeness (QED) is 0.177. The van der Waals surface area contributed by atoms with Gasteiger partial charge in [-0.05, 0) is 84.4 Å². The van der Waals surface area contributed by atoms with Crippen LogP contribution in [0.2, 0.25) is 0 Å². The number of aryl methyl sites for hydroxylation is 1. The molecule has 3 aliphatic heterocycles. The standard InChI is InChI=1S/C40H51ClN2O8/c1-7-49-37(47)40-19-26(40)14-12-10-8-9-11-13-25(17-33(45)50-38(3,4)5)36(46)43-23-39(21-31(43)32(44)22-40)20-29(41)34-28-18-27(48-6)15-16-30(28)42-24(2)35(34)51-39/h12,14-16,18,25-26,29,31H,7-11,13,17,19-23H2,1-6H3/b14-12-/t25-,26-,29?,31+,39-,40-/m1/s1. The number of amides is 1. The Morgan fingerprint density at radius 2 is 1.90 bits per heavy atom. The van der Waals surface area contributed by atoms with Crippen LogP contribution in [0.15, 0.2) is 30.4 Å². The number of fused-ring (bicyclic) bond motifs is 5. The first-order chi connectivity index (χ1) is 24.2. The second kappa shape index (κ2) is 14.4. The van der Waals surface area contributed by atoms with Gasteiger partial charge in [0.05, 0.1) is 54.7 Å². The summed E-state index contributed by atoms with van der Waals surface area (Å²) in [6.07, 6.45) is 8.94. The second-order valence-corrected chi connectivity index (χ2v) is 16.4. The zero-order valence-corrected chi connectivity index (χ0v) is 31.5. The Labute approximate surface area is 305 Å². The summed E-state index contributed by atoms with van der Waals surface area (Å²) >= 11 is 7.27. The van der Waals surface area contributed by atoms with Crippen LogP contribution in [0.1, 0.15) is 109 Å². The van der Waals surface area contributed by atoms with Crippen molar-refractivity contribution in [3.8, 4) is 11.5 Å². The first-order valence-corrected chi connectivity index (χ1v) is 18.8. The van der Waals surface area contributed by atoms with E-state index in [9.17, 15) is 19.2 Å². The number of ether oxygens (including phenoxy) is 4. The van der Waals surface area contributed by atoms with E-state index in [0.29, 0.717) is 36.5 Å². The van der Waals surface area contributed by atoms with Crippen LogP contribution in [-0.2, 0) is 28.7 Å². The van der Waals surface area contributed by atoms with E-state index in [0.717, 1.165) is 42.1 Å². The highest BCUT2D eigenvalue weighted by Crippen LogP contribution is 2.58. The van der Waals surface area contributed by atoms with Crippen LogP contribution in [0, 0.1) is 24.2 Å². The first-order valence-electron chi connectivity index (χ1n) is 18.4. The molecular weight excluding hydrogens is 672 g/mol. The average Bonchev–Trinajstić information content (AvgIpc) is 3.64. The highest BCUT2D eigenvalue weighted by Gasteiger charge is 2.63. The van der Waals surface area contributed by atoms with Crippen LogP contribution in [0.5, 0.6) is 11.5 Å². The molecule has 10 nitrogen and oxygen atoms in total. The number of nitrogens with zero attached hydrogens (tertiary/aromatic N) is 2. The number of hydrogen-bond donors (Lipinski definition) is 0. The van der Waals surface area contributed by atoms with Crippen molar-refractivity contribution >= 4 is 46.1 Å². The molecule has 51 heavy (non-hydrogen) atoms. The van der Waals surface area contributed by atoms with Crippen molar-refractivity contribution in [2.75, 3.05) is 20.3 Å². The van der Waals surface area contributed by atoms with Gasteiger partial charge < -0.3 is 23.8 Å². The summed E-state index contributed by atoms with van der Waals surface area (Å²) in [6.45, 7) is 9.37. The average molecular weight is 723 g/mol. The van der Waals surface area contributed by atoms with Gasteiger partial charge in [0.1, 0.15) is 22.7 Å². The lowest BCUT2D eigenvalue weighted by molar-refractivity contribution is -0.159. The number of methoxy groups -OCH3 is 1. The molecule has 1 unspecified atom stereocenters. The van der Waals surface area contributed by atoms with E-state index in [1.807, 2.05) is 25.1 Å². The maximum absolute atomic E-state index is 14.7. The molecule has 0 radical (unpaired) electrons. The number of alkyl halides is 1. The minimum absolute atomic E-state index is 0.0476. The minimum atomic E-state index is -0.990. The van der Waals surface area contributed by atoms with Crippen molar-refractivity contribution in [3.63, 3.8) is 0 Å². The number of allylic oxidation sites excluding steroid dienone is 2. The highest BCUT2D eigenvalue weighted by molar-refractivity contribution is 6.22. The number of aromatic nitrogens is 1. The summed E-state index contributed by atoms with van der Waals surface area (Å²) < 4.78 is 23.6.